The highest BCUT2D eigenvalue weighted by atomic mass is 127. The van der Waals surface area contributed by atoms with Crippen LogP contribution < -0.4 is 21.2 Å². The molecule has 0 unspecified atom stereocenters. The molecule has 3 aromatic rings. The van der Waals surface area contributed by atoms with Crippen molar-refractivity contribution in [2.45, 2.75) is 52.4 Å². The maximum absolute atomic E-state index is 11.9. The normalized spacial score (nSPS) is 11.6. The van der Waals surface area contributed by atoms with E-state index in [1.54, 1.807) is 0 Å². The highest BCUT2D eigenvalue weighted by Crippen LogP contribution is 2.21. The van der Waals surface area contributed by atoms with Gasteiger partial charge in [0, 0.05) is 6.07 Å². The number of halogens is 3. The fourth-order valence-electron chi connectivity index (χ4n) is 2.61. The van der Waals surface area contributed by atoms with Crippen LogP contribution in [0.1, 0.15) is 52.7 Å². The zero-order chi connectivity index (χ0) is 21.7. The van der Waals surface area contributed by atoms with Crippen molar-refractivity contribution in [1.29, 1.82) is 0 Å². The van der Waals surface area contributed by atoms with Gasteiger partial charge in [0.25, 0.3) is 0 Å². The molecule has 3 aromatic carbocycles. The number of rotatable bonds is 2. The fraction of sp³-hybridized carbons (Fsp3) is 0.308. The average Bonchev–Trinajstić information content (AvgIpc) is 2.61. The standard InChI is InChI=1S/C20H26I.C6H4F2/c1-19(2,3)15-7-11-17(12-8-15)21-18-13-9-16(10-14-18)20(4,5)6;7-5-2-1-3-6(8)4-5/h7-14H,1-6H3;1-4H/q+1;. The molecule has 0 amide bonds. The molecular weight excluding hydrogens is 477 g/mol. The molecule has 29 heavy (non-hydrogen) atoms. The molecule has 0 aliphatic carbocycles. The Morgan fingerprint density at radius 1 is 0.552 bits per heavy atom. The minimum atomic E-state index is -0.537. The monoisotopic (exact) mass is 507 g/mol. The molecule has 0 saturated heterocycles. The lowest BCUT2D eigenvalue weighted by Crippen LogP contribution is -3.61. The van der Waals surface area contributed by atoms with Crippen LogP contribution in [0, 0.1) is 18.8 Å². The molecule has 3 rings (SSSR count). The summed E-state index contributed by atoms with van der Waals surface area (Å²) in [6, 6.07) is 23.0. The summed E-state index contributed by atoms with van der Waals surface area (Å²) >= 11 is -0.0703. The third kappa shape index (κ3) is 7.88. The summed E-state index contributed by atoms with van der Waals surface area (Å²) in [7, 11) is 0. The van der Waals surface area contributed by atoms with Crippen LogP contribution in [0.4, 0.5) is 8.78 Å². The smallest absolute Gasteiger partial charge is 0.207 e. The van der Waals surface area contributed by atoms with Crippen molar-refractivity contribution in [1.82, 2.24) is 0 Å². The van der Waals surface area contributed by atoms with E-state index in [1.807, 2.05) is 0 Å². The van der Waals surface area contributed by atoms with Crippen molar-refractivity contribution in [3.05, 3.63) is 103 Å². The Bertz CT molecular complexity index is 826. The minimum Gasteiger partial charge on any atom is -0.207 e. The van der Waals surface area contributed by atoms with E-state index in [9.17, 15) is 8.78 Å². The van der Waals surface area contributed by atoms with Gasteiger partial charge in [-0.2, -0.15) is 0 Å². The van der Waals surface area contributed by atoms with Gasteiger partial charge in [-0.05, 0) is 58.4 Å². The average molecular weight is 507 g/mol. The molecule has 0 radical (unpaired) electrons. The number of hydrogen-bond acceptors (Lipinski definition) is 0. The topological polar surface area (TPSA) is 0 Å². The van der Waals surface area contributed by atoms with Gasteiger partial charge in [0.2, 0.25) is 0 Å². The summed E-state index contributed by atoms with van der Waals surface area (Å²) < 4.78 is 26.8. The quantitative estimate of drug-likeness (QED) is 0.452. The van der Waals surface area contributed by atoms with Crippen molar-refractivity contribution in [3.8, 4) is 0 Å². The molecule has 0 atom stereocenters. The van der Waals surface area contributed by atoms with Gasteiger partial charge < -0.3 is 0 Å². The van der Waals surface area contributed by atoms with Crippen LogP contribution in [0.5, 0.6) is 0 Å². The predicted octanol–water partition coefficient (Wildman–Crippen LogP) is 4.37. The first-order valence-corrected chi connectivity index (χ1v) is 11.9. The summed E-state index contributed by atoms with van der Waals surface area (Å²) in [6.45, 7) is 13.6. The Balaban J connectivity index is 0.000000313. The SMILES string of the molecule is CC(C)(C)c1ccc([I+]c2ccc(C(C)(C)C)cc2)cc1.Fc1cccc(F)c1. The third-order valence-corrected chi connectivity index (χ3v) is 7.11. The molecule has 0 fully saturated rings. The van der Waals surface area contributed by atoms with Crippen molar-refractivity contribution < 1.29 is 30.0 Å². The summed E-state index contributed by atoms with van der Waals surface area (Å²) in [5, 5.41) is 0. The van der Waals surface area contributed by atoms with Gasteiger partial charge in [0.1, 0.15) is 11.6 Å². The lowest BCUT2D eigenvalue weighted by atomic mass is 9.87. The first kappa shape index (κ1) is 23.5. The van der Waals surface area contributed by atoms with Crippen LogP contribution in [0.15, 0.2) is 72.8 Å². The maximum atomic E-state index is 11.9. The molecule has 0 heterocycles. The third-order valence-electron chi connectivity index (χ3n) is 4.43. The highest BCUT2D eigenvalue weighted by Gasteiger charge is 2.20. The minimum absolute atomic E-state index is 0.0703. The van der Waals surface area contributed by atoms with Gasteiger partial charge in [-0.3, -0.25) is 0 Å². The molecule has 0 nitrogen and oxygen atoms in total. The van der Waals surface area contributed by atoms with Gasteiger partial charge >= 0.3 is 21.2 Å². The van der Waals surface area contributed by atoms with E-state index in [0.29, 0.717) is 0 Å². The van der Waals surface area contributed by atoms with Crippen LogP contribution in [0.2, 0.25) is 0 Å². The summed E-state index contributed by atoms with van der Waals surface area (Å²) in [6.07, 6.45) is 0. The van der Waals surface area contributed by atoms with Gasteiger partial charge in [0.05, 0.1) is 0 Å². The van der Waals surface area contributed by atoms with E-state index in [2.05, 4.69) is 90.1 Å². The first-order valence-electron chi connectivity index (χ1n) is 9.72. The van der Waals surface area contributed by atoms with E-state index in [4.69, 9.17) is 0 Å². The zero-order valence-corrected chi connectivity index (χ0v) is 20.2. The highest BCUT2D eigenvalue weighted by molar-refractivity contribution is 5.23. The van der Waals surface area contributed by atoms with E-state index in [1.165, 1.54) is 36.5 Å². The zero-order valence-electron chi connectivity index (χ0n) is 18.1. The number of benzene rings is 3. The Kier molecular flexibility index (Phi) is 7.98. The van der Waals surface area contributed by atoms with E-state index in [-0.39, 0.29) is 32.0 Å². The van der Waals surface area contributed by atoms with Crippen LogP contribution >= 0.6 is 0 Å². The van der Waals surface area contributed by atoms with E-state index >= 15 is 0 Å². The first-order chi connectivity index (χ1) is 13.4. The van der Waals surface area contributed by atoms with Gasteiger partial charge in [-0.1, -0.05) is 71.9 Å². The number of hydrogen-bond donors (Lipinski definition) is 0. The Morgan fingerprint density at radius 3 is 1.14 bits per heavy atom. The van der Waals surface area contributed by atoms with Crippen LogP contribution in [-0.4, -0.2) is 0 Å². The van der Waals surface area contributed by atoms with E-state index in [0.717, 1.165) is 6.07 Å². The predicted molar refractivity (Wildman–Crippen MR) is 114 cm³/mol. The second kappa shape index (κ2) is 9.84. The Labute approximate surface area is 184 Å². The summed E-state index contributed by atoms with van der Waals surface area (Å²) in [5.41, 5.74) is 3.31. The summed E-state index contributed by atoms with van der Waals surface area (Å²) in [5.74, 6) is -1.07. The second-order valence-corrected chi connectivity index (χ2v) is 12.1. The summed E-state index contributed by atoms with van der Waals surface area (Å²) in [4.78, 5) is 0. The van der Waals surface area contributed by atoms with Crippen LogP contribution in [0.3, 0.4) is 0 Å². The molecule has 154 valence electrons. The fourth-order valence-corrected chi connectivity index (χ4v) is 4.77. The molecule has 0 aromatic heterocycles. The van der Waals surface area contributed by atoms with Crippen molar-refractivity contribution in [2.75, 3.05) is 0 Å². The lowest BCUT2D eigenvalue weighted by Gasteiger charge is -2.18. The molecule has 0 N–H and O–H groups in total. The molecule has 3 heteroatoms. The Hall–Kier alpha value is -1.75. The van der Waals surface area contributed by atoms with Crippen molar-refractivity contribution in [2.24, 2.45) is 0 Å². The molecule has 0 aliphatic rings. The molecule has 0 aliphatic heterocycles. The maximum Gasteiger partial charge on any atom is 0.357 e. The molecule has 0 spiro atoms. The van der Waals surface area contributed by atoms with Gasteiger partial charge in [-0.25, -0.2) is 8.78 Å². The molecular formula is C26H30F2I+. The lowest BCUT2D eigenvalue weighted by molar-refractivity contribution is -0.597. The molecule has 0 saturated carbocycles. The molecule has 0 bridgehead atoms. The van der Waals surface area contributed by atoms with Gasteiger partial charge in [0.15, 0.2) is 7.14 Å². The van der Waals surface area contributed by atoms with E-state index < -0.39 is 11.6 Å². The Morgan fingerprint density at radius 2 is 0.897 bits per heavy atom. The van der Waals surface area contributed by atoms with Crippen molar-refractivity contribution >= 4 is 0 Å². The van der Waals surface area contributed by atoms with Crippen LogP contribution in [-0.2, 0) is 10.8 Å². The van der Waals surface area contributed by atoms with Crippen LogP contribution in [0.25, 0.3) is 0 Å². The van der Waals surface area contributed by atoms with Gasteiger partial charge in [-0.15, -0.1) is 0 Å². The van der Waals surface area contributed by atoms with Crippen molar-refractivity contribution in [3.63, 3.8) is 0 Å². The largest absolute Gasteiger partial charge is 0.357 e. The second-order valence-electron chi connectivity index (χ2n) is 9.05.